The molecule has 0 fully saturated rings. The van der Waals surface area contributed by atoms with E-state index in [-0.39, 0.29) is 11.2 Å². The van der Waals surface area contributed by atoms with Crippen molar-refractivity contribution in [3.63, 3.8) is 0 Å². The van der Waals surface area contributed by atoms with Crippen molar-refractivity contribution in [2.45, 2.75) is 52.0 Å². The first-order valence-corrected chi connectivity index (χ1v) is 14.3. The van der Waals surface area contributed by atoms with Gasteiger partial charge in [0.1, 0.15) is 0 Å². The van der Waals surface area contributed by atoms with Crippen LogP contribution in [-0.4, -0.2) is 36.6 Å². The Kier molecular flexibility index (Phi) is 9.05. The van der Waals surface area contributed by atoms with Crippen LogP contribution in [0, 0.1) is 3.57 Å². The number of aliphatic hydroxyl groups is 1. The van der Waals surface area contributed by atoms with Crippen LogP contribution in [0.4, 0.5) is 0 Å². The summed E-state index contributed by atoms with van der Waals surface area (Å²) in [7, 11) is -2.24. The number of rotatable bonds is 9. The zero-order valence-corrected chi connectivity index (χ0v) is 22.6. The Morgan fingerprint density at radius 1 is 1.37 bits per heavy atom. The summed E-state index contributed by atoms with van der Waals surface area (Å²) in [4.78, 5) is 0. The molecule has 0 saturated heterocycles. The molecule has 2 aromatic rings. The van der Waals surface area contributed by atoms with E-state index >= 15 is 0 Å². The molecule has 0 amide bonds. The van der Waals surface area contributed by atoms with Gasteiger partial charge in [0.2, 0.25) is 0 Å². The number of allylic oxidation sites excluding steroid dienone is 1. The summed E-state index contributed by atoms with van der Waals surface area (Å²) < 4.78 is 15.8. The topological polar surface area (TPSA) is 81.1 Å². The zero-order chi connectivity index (χ0) is 22.7. The quantitative estimate of drug-likeness (QED) is 0.237. The standard InChI is InChI=1S/C21H29ClIN3O2S.Mn/c1-14(2)20(27)17(24)8-11-29(28)12-9-21(3,4)19-7-10-26(25-19)18-6-5-15(23)13-16(18)22;/h5-7,10,13,17,27H,8-9,11-12,24H2,1-4H3;/t17-,29?;/m0./s1. The summed E-state index contributed by atoms with van der Waals surface area (Å²) in [5.74, 6) is 1.09. The van der Waals surface area contributed by atoms with Gasteiger partial charge in [-0.2, -0.15) is 0 Å². The number of benzene rings is 1. The minimum atomic E-state index is -2.24. The summed E-state index contributed by atoms with van der Waals surface area (Å²) in [6.07, 6.45) is 3.05. The van der Waals surface area contributed by atoms with Gasteiger partial charge in [-0.1, -0.05) is 0 Å². The third-order valence-electron chi connectivity index (χ3n) is 5.07. The molecule has 0 spiro atoms. The van der Waals surface area contributed by atoms with Crippen molar-refractivity contribution >= 4 is 42.0 Å². The molecule has 5 nitrogen and oxygen atoms in total. The number of aliphatic hydroxyl groups excluding tert-OH is 1. The van der Waals surface area contributed by atoms with E-state index in [1.165, 1.54) is 0 Å². The first-order valence-electron chi connectivity index (χ1n) is 9.65. The van der Waals surface area contributed by atoms with E-state index in [2.05, 4.69) is 50.8 Å². The molecule has 3 N–H and O–H groups in total. The summed E-state index contributed by atoms with van der Waals surface area (Å²) in [5.41, 5.74) is 8.27. The SMILES string of the molecule is CC(C)=C(O)[C@@H](N)CC[S](=O)(=[Mn])CCC(C)(C)c1ccn(-c2ccc(I)cc2Cl)n1. The van der Waals surface area contributed by atoms with E-state index < -0.39 is 13.9 Å². The molecule has 0 saturated carbocycles. The first kappa shape index (κ1) is 25.9. The van der Waals surface area contributed by atoms with Crippen molar-refractivity contribution in [1.82, 2.24) is 9.78 Å². The van der Waals surface area contributed by atoms with E-state index in [0.717, 1.165) is 20.5 Å². The minimum absolute atomic E-state index is 0.179. The molecule has 0 aliphatic heterocycles. The number of hydrogen-bond acceptors (Lipinski definition) is 4. The third-order valence-corrected chi connectivity index (χ3v) is 9.15. The molecule has 0 aliphatic rings. The second kappa shape index (κ2) is 10.5. The second-order valence-corrected chi connectivity index (χ2v) is 14.8. The fraction of sp³-hybridized carbons (Fsp3) is 0.476. The van der Waals surface area contributed by atoms with Crippen molar-refractivity contribution in [2.75, 3.05) is 11.5 Å². The molecular formula is C21H29ClIMnN3O2S. The van der Waals surface area contributed by atoms with Gasteiger partial charge in [-0.3, -0.25) is 0 Å². The Balaban J connectivity index is 2.04. The van der Waals surface area contributed by atoms with Gasteiger partial charge in [-0.05, 0) is 0 Å². The van der Waals surface area contributed by atoms with Crippen molar-refractivity contribution in [3.05, 3.63) is 56.1 Å². The maximum absolute atomic E-state index is 13.0. The maximum atomic E-state index is 13.0. The van der Waals surface area contributed by atoms with Gasteiger partial charge in [0.25, 0.3) is 0 Å². The molecule has 30 heavy (non-hydrogen) atoms. The van der Waals surface area contributed by atoms with E-state index in [1.807, 2.05) is 44.3 Å². The number of aromatic nitrogens is 2. The van der Waals surface area contributed by atoms with Gasteiger partial charge in [0.05, 0.1) is 0 Å². The van der Waals surface area contributed by atoms with Crippen molar-refractivity contribution in [3.8, 4) is 5.69 Å². The van der Waals surface area contributed by atoms with E-state index in [0.29, 0.717) is 29.4 Å². The molecule has 0 aliphatic carbocycles. The Hall–Kier alpha value is -0.381. The fourth-order valence-corrected chi connectivity index (χ4v) is 6.28. The molecule has 2 rings (SSSR count). The van der Waals surface area contributed by atoms with Gasteiger partial charge in [0.15, 0.2) is 0 Å². The zero-order valence-electron chi connectivity index (χ0n) is 17.7. The van der Waals surface area contributed by atoms with Gasteiger partial charge >= 0.3 is 207 Å². The normalized spacial score (nSPS) is 14.9. The van der Waals surface area contributed by atoms with Gasteiger partial charge in [-0.15, -0.1) is 0 Å². The molecule has 2 atom stereocenters. The molecule has 0 bridgehead atoms. The average molecular weight is 605 g/mol. The van der Waals surface area contributed by atoms with E-state index in [4.69, 9.17) is 22.4 Å². The molecular weight excluding hydrogens is 576 g/mol. The van der Waals surface area contributed by atoms with E-state index in [1.54, 1.807) is 4.68 Å². The third kappa shape index (κ3) is 7.07. The van der Waals surface area contributed by atoms with Crippen LogP contribution in [-0.2, 0) is 27.7 Å². The predicted octanol–water partition coefficient (Wildman–Crippen LogP) is 5.11. The Bertz CT molecular complexity index is 1030. The van der Waals surface area contributed by atoms with E-state index in [9.17, 15) is 9.32 Å². The Morgan fingerprint density at radius 3 is 2.63 bits per heavy atom. The monoisotopic (exact) mass is 604 g/mol. The van der Waals surface area contributed by atoms with Crippen LogP contribution in [0.5, 0.6) is 0 Å². The summed E-state index contributed by atoms with van der Waals surface area (Å²) in [6, 6.07) is 7.33. The number of nitrogens with zero attached hydrogens (tertiary/aromatic N) is 2. The molecule has 1 aromatic carbocycles. The molecule has 1 aromatic heterocycles. The Labute approximate surface area is 205 Å². The summed E-state index contributed by atoms with van der Waals surface area (Å²) in [5, 5.41) is 15.3. The number of hydrogen-bond donors (Lipinski definition) is 2. The van der Waals surface area contributed by atoms with Crippen molar-refractivity contribution in [1.29, 1.82) is 0 Å². The van der Waals surface area contributed by atoms with Crippen LogP contribution in [0.3, 0.4) is 0 Å². The van der Waals surface area contributed by atoms with Crippen LogP contribution in [0.15, 0.2) is 41.8 Å². The van der Waals surface area contributed by atoms with Crippen LogP contribution < -0.4 is 5.73 Å². The molecule has 1 unspecified atom stereocenters. The predicted molar refractivity (Wildman–Crippen MR) is 130 cm³/mol. The number of nitrogens with two attached hydrogens (primary N) is 1. The second-order valence-electron chi connectivity index (χ2n) is 8.28. The summed E-state index contributed by atoms with van der Waals surface area (Å²) in [6.45, 7) is 7.81. The molecule has 1 heterocycles. The van der Waals surface area contributed by atoms with Crippen molar-refractivity contribution < 1.29 is 23.7 Å². The van der Waals surface area contributed by atoms with Crippen LogP contribution in [0.25, 0.3) is 5.69 Å². The van der Waals surface area contributed by atoms with Crippen LogP contribution >= 0.6 is 34.2 Å². The van der Waals surface area contributed by atoms with Gasteiger partial charge in [-0.25, -0.2) is 0 Å². The fourth-order valence-electron chi connectivity index (χ4n) is 2.93. The van der Waals surface area contributed by atoms with Gasteiger partial charge < -0.3 is 0 Å². The van der Waals surface area contributed by atoms with Crippen LogP contribution in [0.2, 0.25) is 5.02 Å². The molecule has 167 valence electrons. The van der Waals surface area contributed by atoms with Crippen LogP contribution in [0.1, 0.15) is 46.2 Å². The first-order chi connectivity index (χ1) is 13.8. The van der Waals surface area contributed by atoms with Crippen molar-refractivity contribution in [2.24, 2.45) is 5.73 Å². The molecule has 0 radical (unpaired) electrons. The number of halogens is 2. The van der Waals surface area contributed by atoms with Gasteiger partial charge in [0, 0.05) is 0 Å². The summed E-state index contributed by atoms with van der Waals surface area (Å²) >= 11 is 12.0. The average Bonchev–Trinajstić information content (AvgIpc) is 3.15. The Morgan fingerprint density at radius 2 is 2.03 bits per heavy atom. The molecule has 9 heteroatoms.